The number of aromatic nitrogens is 2. The van der Waals surface area contributed by atoms with Crippen LogP contribution >= 0.6 is 35.0 Å². The molecular formula is C21H19Cl2N3O2S. The summed E-state index contributed by atoms with van der Waals surface area (Å²) in [6.45, 7) is 0.335. The van der Waals surface area contributed by atoms with E-state index >= 15 is 0 Å². The zero-order valence-corrected chi connectivity index (χ0v) is 17.9. The Bertz CT molecular complexity index is 990. The third kappa shape index (κ3) is 5.53. The quantitative estimate of drug-likeness (QED) is 0.458. The molecule has 8 heteroatoms. The van der Waals surface area contributed by atoms with E-state index < -0.39 is 0 Å². The van der Waals surface area contributed by atoms with Crippen molar-refractivity contribution in [1.82, 2.24) is 15.1 Å². The molecule has 29 heavy (non-hydrogen) atoms. The molecule has 0 spiro atoms. The molecule has 1 amide bonds. The second kappa shape index (κ2) is 9.20. The molecule has 0 N–H and O–H groups in total. The first-order valence-corrected chi connectivity index (χ1v) is 11.2. The minimum Gasteiger partial charge on any atom is -0.419 e. The first-order valence-electron chi connectivity index (χ1n) is 9.28. The van der Waals surface area contributed by atoms with Gasteiger partial charge in [-0.1, -0.05) is 35.3 Å². The van der Waals surface area contributed by atoms with E-state index in [1.807, 2.05) is 41.3 Å². The Morgan fingerprint density at radius 1 is 1.10 bits per heavy atom. The van der Waals surface area contributed by atoms with E-state index in [0.717, 1.165) is 29.7 Å². The Hall–Kier alpha value is -2.02. The van der Waals surface area contributed by atoms with Gasteiger partial charge in [0.25, 0.3) is 0 Å². The second-order valence-corrected chi connectivity index (χ2v) is 8.74. The molecule has 0 unspecified atom stereocenters. The molecule has 1 aliphatic rings. The number of amides is 1. The van der Waals surface area contributed by atoms with Crippen molar-refractivity contribution < 1.29 is 9.21 Å². The second-order valence-electron chi connectivity index (χ2n) is 6.88. The Kier molecular flexibility index (Phi) is 6.43. The summed E-state index contributed by atoms with van der Waals surface area (Å²) in [6.07, 6.45) is 2.03. The lowest BCUT2D eigenvalue weighted by atomic mass is 10.2. The summed E-state index contributed by atoms with van der Waals surface area (Å²) in [5.74, 6) is 2.10. The van der Waals surface area contributed by atoms with Crippen molar-refractivity contribution in [2.75, 3.05) is 5.75 Å². The fraction of sp³-hybridized carbons (Fsp3) is 0.286. The zero-order valence-electron chi connectivity index (χ0n) is 15.6. The van der Waals surface area contributed by atoms with Crippen LogP contribution in [-0.2, 0) is 17.1 Å². The van der Waals surface area contributed by atoms with Gasteiger partial charge in [0, 0.05) is 27.4 Å². The molecule has 1 fully saturated rings. The van der Waals surface area contributed by atoms with E-state index in [9.17, 15) is 4.79 Å². The molecule has 2 aromatic carbocycles. The Morgan fingerprint density at radius 3 is 2.62 bits per heavy atom. The van der Waals surface area contributed by atoms with Gasteiger partial charge in [-0.2, -0.15) is 0 Å². The lowest BCUT2D eigenvalue weighted by molar-refractivity contribution is -0.129. The highest BCUT2D eigenvalue weighted by Gasteiger charge is 2.33. The van der Waals surface area contributed by atoms with E-state index in [0.29, 0.717) is 34.1 Å². The van der Waals surface area contributed by atoms with Crippen molar-refractivity contribution in [2.24, 2.45) is 0 Å². The molecule has 0 radical (unpaired) electrons. The van der Waals surface area contributed by atoms with Crippen molar-refractivity contribution >= 4 is 40.9 Å². The number of hydrogen-bond acceptors (Lipinski definition) is 5. The Morgan fingerprint density at radius 2 is 1.90 bits per heavy atom. The fourth-order valence-electron chi connectivity index (χ4n) is 2.95. The minimum atomic E-state index is 0.0887. The summed E-state index contributed by atoms with van der Waals surface area (Å²) < 4.78 is 5.77. The van der Waals surface area contributed by atoms with Gasteiger partial charge in [-0.3, -0.25) is 4.79 Å². The average molecular weight is 448 g/mol. The molecule has 4 rings (SSSR count). The van der Waals surface area contributed by atoms with Gasteiger partial charge in [-0.25, -0.2) is 0 Å². The molecule has 0 aliphatic heterocycles. The first-order chi connectivity index (χ1) is 14.1. The topological polar surface area (TPSA) is 59.2 Å². The van der Waals surface area contributed by atoms with Crippen LogP contribution in [0.25, 0.3) is 11.5 Å². The Balaban J connectivity index is 1.35. The van der Waals surface area contributed by atoms with Crippen LogP contribution in [0.4, 0.5) is 0 Å². The number of hydrogen-bond donors (Lipinski definition) is 0. The van der Waals surface area contributed by atoms with Gasteiger partial charge in [0.2, 0.25) is 17.7 Å². The van der Waals surface area contributed by atoms with Crippen molar-refractivity contribution in [3.63, 3.8) is 0 Å². The van der Waals surface area contributed by atoms with E-state index in [2.05, 4.69) is 10.2 Å². The lowest BCUT2D eigenvalue weighted by Crippen LogP contribution is -2.34. The van der Waals surface area contributed by atoms with Gasteiger partial charge in [0.15, 0.2) is 0 Å². The van der Waals surface area contributed by atoms with Crippen molar-refractivity contribution in [1.29, 1.82) is 0 Å². The summed E-state index contributed by atoms with van der Waals surface area (Å²) in [4.78, 5) is 14.6. The number of carbonyl (C=O) groups is 1. The molecular weight excluding hydrogens is 429 g/mol. The monoisotopic (exact) mass is 447 g/mol. The van der Waals surface area contributed by atoms with Crippen LogP contribution in [0, 0.1) is 0 Å². The molecule has 1 heterocycles. The summed E-state index contributed by atoms with van der Waals surface area (Å²) in [5, 5.41) is 9.58. The van der Waals surface area contributed by atoms with Crippen LogP contribution in [0.15, 0.2) is 52.9 Å². The lowest BCUT2D eigenvalue weighted by Gasteiger charge is -2.20. The number of benzene rings is 2. The molecule has 0 atom stereocenters. The maximum atomic E-state index is 12.8. The third-order valence-electron chi connectivity index (χ3n) is 4.55. The Labute approximate surface area is 183 Å². The van der Waals surface area contributed by atoms with E-state index in [4.69, 9.17) is 27.6 Å². The predicted octanol–water partition coefficient (Wildman–Crippen LogP) is 5.47. The number of carbonyl (C=O) groups excluding carboxylic acids is 1. The van der Waals surface area contributed by atoms with Crippen molar-refractivity contribution in [3.8, 4) is 11.5 Å². The molecule has 1 saturated carbocycles. The van der Waals surface area contributed by atoms with Crippen molar-refractivity contribution in [2.45, 2.75) is 31.2 Å². The summed E-state index contributed by atoms with van der Waals surface area (Å²) in [5.41, 5.74) is 1.91. The standard InChI is InChI=1S/C21H19Cl2N3O2S/c22-16-6-4-15(5-7-16)21-25-24-19(28-21)11-26(18-8-9-18)20(27)13-29-12-14-2-1-3-17(23)10-14/h1-7,10,18H,8-9,11-13H2. The number of halogens is 2. The number of thioether (sulfide) groups is 1. The van der Waals surface area contributed by atoms with Crippen molar-refractivity contribution in [3.05, 3.63) is 70.0 Å². The van der Waals surface area contributed by atoms with E-state index in [-0.39, 0.29) is 11.9 Å². The predicted molar refractivity (Wildman–Crippen MR) is 116 cm³/mol. The SMILES string of the molecule is O=C(CSCc1cccc(Cl)c1)N(Cc1nnc(-c2ccc(Cl)cc2)o1)C1CC1. The largest absolute Gasteiger partial charge is 0.419 e. The normalized spacial score (nSPS) is 13.4. The van der Waals surface area contributed by atoms with Crippen LogP contribution in [0.2, 0.25) is 10.0 Å². The zero-order chi connectivity index (χ0) is 20.2. The molecule has 150 valence electrons. The maximum absolute atomic E-state index is 12.8. The van der Waals surface area contributed by atoms with Gasteiger partial charge >= 0.3 is 0 Å². The van der Waals surface area contributed by atoms with Gasteiger partial charge in [-0.15, -0.1) is 22.0 Å². The molecule has 0 saturated heterocycles. The van der Waals surface area contributed by atoms with Crippen LogP contribution < -0.4 is 0 Å². The fourth-order valence-corrected chi connectivity index (χ4v) is 4.14. The molecule has 1 aliphatic carbocycles. The summed E-state index contributed by atoms with van der Waals surface area (Å²) >= 11 is 13.5. The highest BCUT2D eigenvalue weighted by Crippen LogP contribution is 2.30. The van der Waals surface area contributed by atoms with Crippen LogP contribution in [0.1, 0.15) is 24.3 Å². The van der Waals surface area contributed by atoms with Crippen LogP contribution in [0.5, 0.6) is 0 Å². The minimum absolute atomic E-state index is 0.0887. The smallest absolute Gasteiger partial charge is 0.247 e. The molecule has 1 aromatic heterocycles. The van der Waals surface area contributed by atoms with E-state index in [1.165, 1.54) is 0 Å². The highest BCUT2D eigenvalue weighted by molar-refractivity contribution is 7.99. The van der Waals surface area contributed by atoms with Gasteiger partial charge in [0.1, 0.15) is 0 Å². The van der Waals surface area contributed by atoms with Crippen LogP contribution in [0.3, 0.4) is 0 Å². The summed E-state index contributed by atoms with van der Waals surface area (Å²) in [7, 11) is 0. The highest BCUT2D eigenvalue weighted by atomic mass is 35.5. The maximum Gasteiger partial charge on any atom is 0.247 e. The van der Waals surface area contributed by atoms with Gasteiger partial charge in [-0.05, 0) is 54.8 Å². The first kappa shape index (κ1) is 20.3. The number of nitrogens with zero attached hydrogens (tertiary/aromatic N) is 3. The molecule has 3 aromatic rings. The number of rotatable bonds is 8. The third-order valence-corrected chi connectivity index (χ3v) is 6.03. The van der Waals surface area contributed by atoms with E-state index in [1.54, 1.807) is 23.9 Å². The summed E-state index contributed by atoms with van der Waals surface area (Å²) in [6, 6.07) is 15.2. The molecule has 5 nitrogen and oxygen atoms in total. The van der Waals surface area contributed by atoms with Gasteiger partial charge in [0.05, 0.1) is 12.3 Å². The molecule has 0 bridgehead atoms. The van der Waals surface area contributed by atoms with Crippen LogP contribution in [-0.4, -0.2) is 32.8 Å². The van der Waals surface area contributed by atoms with Gasteiger partial charge < -0.3 is 9.32 Å². The average Bonchev–Trinajstić information content (AvgIpc) is 3.44.